The quantitative estimate of drug-likeness (QED) is 0.778. The minimum atomic E-state index is -0.825. The number of benzene rings is 1. The predicted octanol–water partition coefficient (Wildman–Crippen LogP) is 1.97. The van der Waals surface area contributed by atoms with Crippen LogP contribution in [0.25, 0.3) is 0 Å². The van der Waals surface area contributed by atoms with Crippen LogP contribution in [0.2, 0.25) is 0 Å². The number of rotatable bonds is 6. The van der Waals surface area contributed by atoms with Gasteiger partial charge in [-0.15, -0.1) is 0 Å². The molecule has 0 spiro atoms. The molecule has 1 amide bonds. The van der Waals surface area contributed by atoms with E-state index in [4.69, 9.17) is 10.5 Å². The molecule has 0 saturated carbocycles. The number of ether oxygens (including phenoxy) is 1. The van der Waals surface area contributed by atoms with Crippen molar-refractivity contribution >= 4 is 11.6 Å². The van der Waals surface area contributed by atoms with Crippen LogP contribution in [-0.4, -0.2) is 25.7 Å². The van der Waals surface area contributed by atoms with Gasteiger partial charge in [0.1, 0.15) is 11.5 Å². The molecule has 0 saturated heterocycles. The highest BCUT2D eigenvalue weighted by atomic mass is 19.1. The van der Waals surface area contributed by atoms with Crippen LogP contribution in [0.4, 0.5) is 14.5 Å². The Hall–Kier alpha value is -1.53. The van der Waals surface area contributed by atoms with Crippen molar-refractivity contribution in [1.82, 2.24) is 0 Å². The first-order valence-electron chi connectivity index (χ1n) is 5.97. The first-order chi connectivity index (χ1) is 8.97. The Labute approximate surface area is 110 Å². The molecular weight excluding hydrogens is 254 g/mol. The first kappa shape index (κ1) is 15.5. The van der Waals surface area contributed by atoms with Gasteiger partial charge in [0.05, 0.1) is 6.04 Å². The molecule has 0 aromatic heterocycles. The molecule has 0 bridgehead atoms. The van der Waals surface area contributed by atoms with Gasteiger partial charge in [-0.25, -0.2) is 8.78 Å². The maximum absolute atomic E-state index is 13.7. The van der Waals surface area contributed by atoms with Crippen LogP contribution >= 0.6 is 0 Å². The minimum Gasteiger partial charge on any atom is -0.385 e. The Morgan fingerprint density at radius 3 is 2.79 bits per heavy atom. The van der Waals surface area contributed by atoms with Gasteiger partial charge in [-0.2, -0.15) is 0 Å². The lowest BCUT2D eigenvalue weighted by atomic mass is 10.1. The number of carbonyl (C=O) groups excluding carboxylic acids is 1. The number of hydrogen-bond donors (Lipinski definition) is 2. The van der Waals surface area contributed by atoms with Crippen molar-refractivity contribution in [3.8, 4) is 0 Å². The molecule has 19 heavy (non-hydrogen) atoms. The Bertz CT molecular complexity index is 453. The zero-order valence-corrected chi connectivity index (χ0v) is 11.0. The normalized spacial score (nSPS) is 12.3. The molecule has 1 aromatic carbocycles. The SMILES string of the molecule is COCCCC(N)C(=O)Nc1c(F)ccc(C)c1F. The molecule has 0 aliphatic rings. The molecule has 1 aromatic rings. The maximum Gasteiger partial charge on any atom is 0.241 e. The fourth-order valence-corrected chi connectivity index (χ4v) is 1.57. The number of anilines is 1. The van der Waals surface area contributed by atoms with Gasteiger partial charge >= 0.3 is 0 Å². The summed E-state index contributed by atoms with van der Waals surface area (Å²) in [4.78, 5) is 11.7. The van der Waals surface area contributed by atoms with Crippen LogP contribution in [-0.2, 0) is 9.53 Å². The number of halogens is 2. The highest BCUT2D eigenvalue weighted by Crippen LogP contribution is 2.21. The Morgan fingerprint density at radius 2 is 2.16 bits per heavy atom. The zero-order valence-electron chi connectivity index (χ0n) is 11.0. The van der Waals surface area contributed by atoms with Crippen LogP contribution in [0.5, 0.6) is 0 Å². The van der Waals surface area contributed by atoms with E-state index in [-0.39, 0.29) is 5.56 Å². The number of carbonyl (C=O) groups is 1. The lowest BCUT2D eigenvalue weighted by molar-refractivity contribution is -0.117. The Morgan fingerprint density at radius 1 is 1.47 bits per heavy atom. The van der Waals surface area contributed by atoms with Crippen LogP contribution < -0.4 is 11.1 Å². The molecule has 6 heteroatoms. The number of nitrogens with one attached hydrogen (secondary N) is 1. The average Bonchev–Trinajstić information content (AvgIpc) is 2.39. The standard InChI is InChI=1S/C13H18F2N2O2/c1-8-5-6-9(14)12(11(8)15)17-13(18)10(16)4-3-7-19-2/h5-6,10H,3-4,7,16H2,1-2H3,(H,17,18). The fraction of sp³-hybridized carbons (Fsp3) is 0.462. The maximum atomic E-state index is 13.7. The second-order valence-corrected chi connectivity index (χ2v) is 4.28. The van der Waals surface area contributed by atoms with E-state index in [1.54, 1.807) is 7.11 Å². The van der Waals surface area contributed by atoms with Gasteiger partial charge in [-0.1, -0.05) is 6.07 Å². The van der Waals surface area contributed by atoms with E-state index in [9.17, 15) is 13.6 Å². The monoisotopic (exact) mass is 272 g/mol. The molecule has 1 rings (SSSR count). The molecular formula is C13H18F2N2O2. The van der Waals surface area contributed by atoms with Crippen molar-refractivity contribution in [3.05, 3.63) is 29.3 Å². The van der Waals surface area contributed by atoms with E-state index < -0.39 is 29.3 Å². The van der Waals surface area contributed by atoms with Gasteiger partial charge in [0.15, 0.2) is 5.82 Å². The van der Waals surface area contributed by atoms with Gasteiger partial charge in [0.25, 0.3) is 0 Å². The molecule has 1 unspecified atom stereocenters. The average molecular weight is 272 g/mol. The lowest BCUT2D eigenvalue weighted by Crippen LogP contribution is -2.36. The van der Waals surface area contributed by atoms with Gasteiger partial charge in [0, 0.05) is 13.7 Å². The van der Waals surface area contributed by atoms with Crippen LogP contribution in [0, 0.1) is 18.6 Å². The van der Waals surface area contributed by atoms with E-state index in [1.165, 1.54) is 13.0 Å². The Balaban J connectivity index is 2.69. The summed E-state index contributed by atoms with van der Waals surface area (Å²) in [5.74, 6) is -2.21. The molecule has 0 heterocycles. The number of aryl methyl sites for hydroxylation is 1. The second kappa shape index (κ2) is 7.16. The molecule has 4 nitrogen and oxygen atoms in total. The van der Waals surface area contributed by atoms with Crippen molar-refractivity contribution in [2.45, 2.75) is 25.8 Å². The Kier molecular flexibility index (Phi) is 5.85. The smallest absolute Gasteiger partial charge is 0.241 e. The number of amides is 1. The largest absolute Gasteiger partial charge is 0.385 e. The van der Waals surface area contributed by atoms with E-state index in [2.05, 4.69) is 5.32 Å². The highest BCUT2D eigenvalue weighted by Gasteiger charge is 2.18. The minimum absolute atomic E-state index is 0.254. The van der Waals surface area contributed by atoms with Gasteiger partial charge in [-0.3, -0.25) is 4.79 Å². The van der Waals surface area contributed by atoms with Crippen LogP contribution in [0.1, 0.15) is 18.4 Å². The van der Waals surface area contributed by atoms with Crippen LogP contribution in [0.3, 0.4) is 0 Å². The molecule has 0 aliphatic carbocycles. The summed E-state index contributed by atoms with van der Waals surface area (Å²) in [6.07, 6.45) is 0.985. The van der Waals surface area contributed by atoms with Crippen molar-refractivity contribution in [2.24, 2.45) is 5.73 Å². The van der Waals surface area contributed by atoms with Crippen molar-refractivity contribution < 1.29 is 18.3 Å². The zero-order chi connectivity index (χ0) is 14.4. The van der Waals surface area contributed by atoms with Crippen molar-refractivity contribution in [3.63, 3.8) is 0 Å². The summed E-state index contributed by atoms with van der Waals surface area (Å²) in [5, 5.41) is 2.19. The highest BCUT2D eigenvalue weighted by molar-refractivity contribution is 5.94. The summed E-state index contributed by atoms with van der Waals surface area (Å²) in [7, 11) is 1.54. The van der Waals surface area contributed by atoms with E-state index >= 15 is 0 Å². The van der Waals surface area contributed by atoms with E-state index in [0.717, 1.165) is 6.07 Å². The lowest BCUT2D eigenvalue weighted by Gasteiger charge is -2.13. The van der Waals surface area contributed by atoms with Crippen molar-refractivity contribution in [2.75, 3.05) is 19.0 Å². The summed E-state index contributed by atoms with van der Waals surface area (Å²) < 4.78 is 32.0. The number of nitrogens with two attached hydrogens (primary N) is 1. The third-order valence-corrected chi connectivity index (χ3v) is 2.73. The second-order valence-electron chi connectivity index (χ2n) is 4.28. The number of methoxy groups -OCH3 is 1. The first-order valence-corrected chi connectivity index (χ1v) is 5.97. The molecule has 1 atom stereocenters. The van der Waals surface area contributed by atoms with Crippen LogP contribution in [0.15, 0.2) is 12.1 Å². The van der Waals surface area contributed by atoms with E-state index in [0.29, 0.717) is 19.4 Å². The summed E-state index contributed by atoms with van der Waals surface area (Å²) >= 11 is 0. The topological polar surface area (TPSA) is 64.3 Å². The molecule has 3 N–H and O–H groups in total. The summed E-state index contributed by atoms with van der Waals surface area (Å²) in [6.45, 7) is 1.97. The molecule has 106 valence electrons. The van der Waals surface area contributed by atoms with Gasteiger partial charge in [0.2, 0.25) is 5.91 Å². The molecule has 0 fully saturated rings. The third-order valence-electron chi connectivity index (χ3n) is 2.73. The third kappa shape index (κ3) is 4.25. The van der Waals surface area contributed by atoms with Gasteiger partial charge < -0.3 is 15.8 Å². The van der Waals surface area contributed by atoms with E-state index in [1.807, 2.05) is 0 Å². The predicted molar refractivity (Wildman–Crippen MR) is 68.8 cm³/mol. The van der Waals surface area contributed by atoms with Gasteiger partial charge in [-0.05, 0) is 31.4 Å². The number of hydrogen-bond acceptors (Lipinski definition) is 3. The fourth-order valence-electron chi connectivity index (χ4n) is 1.57. The molecule has 0 radical (unpaired) electrons. The summed E-state index contributed by atoms with van der Waals surface area (Å²) in [6, 6.07) is 1.58. The van der Waals surface area contributed by atoms with Crippen molar-refractivity contribution in [1.29, 1.82) is 0 Å². The summed E-state index contributed by atoms with van der Waals surface area (Å²) in [5.41, 5.74) is 5.43. The molecule has 0 aliphatic heterocycles.